The summed E-state index contributed by atoms with van der Waals surface area (Å²) in [4.78, 5) is 21.0. The number of hydrogen-bond acceptors (Lipinski definition) is 5. The Bertz CT molecular complexity index is 480. The van der Waals surface area contributed by atoms with E-state index in [1.54, 1.807) is 18.3 Å². The summed E-state index contributed by atoms with van der Waals surface area (Å²) >= 11 is 0. The molecule has 1 fully saturated rings. The topological polar surface area (TPSA) is 57.7 Å². The highest BCUT2D eigenvalue weighted by Crippen LogP contribution is 2.14. The van der Waals surface area contributed by atoms with Gasteiger partial charge in [-0.1, -0.05) is 0 Å². The van der Waals surface area contributed by atoms with Gasteiger partial charge in [-0.15, -0.1) is 0 Å². The molecule has 6 heteroatoms. The first-order valence-corrected chi connectivity index (χ1v) is 7.36. The minimum Gasteiger partial charge on any atom is -0.477 e. The molecule has 1 aromatic heterocycles. The van der Waals surface area contributed by atoms with Crippen LogP contribution in [0.2, 0.25) is 0 Å². The van der Waals surface area contributed by atoms with E-state index < -0.39 is 0 Å². The molecule has 116 valence electrons. The van der Waals surface area contributed by atoms with Crippen LogP contribution in [0.5, 0.6) is 5.88 Å². The van der Waals surface area contributed by atoms with Crippen molar-refractivity contribution in [2.24, 2.45) is 0 Å². The molecule has 1 amide bonds. The number of ether oxygens (including phenoxy) is 1. The van der Waals surface area contributed by atoms with Crippen molar-refractivity contribution in [1.29, 1.82) is 0 Å². The van der Waals surface area contributed by atoms with E-state index in [1.165, 1.54) is 0 Å². The first-order valence-electron chi connectivity index (χ1n) is 7.36. The average molecular weight is 292 g/mol. The van der Waals surface area contributed by atoms with Crippen molar-refractivity contribution >= 4 is 5.91 Å². The van der Waals surface area contributed by atoms with Crippen LogP contribution in [0.15, 0.2) is 18.3 Å². The zero-order valence-corrected chi connectivity index (χ0v) is 13.0. The van der Waals surface area contributed by atoms with Gasteiger partial charge in [-0.25, -0.2) is 4.98 Å². The second-order valence-electron chi connectivity index (χ2n) is 5.40. The van der Waals surface area contributed by atoms with Crippen molar-refractivity contribution in [3.05, 3.63) is 23.9 Å². The van der Waals surface area contributed by atoms with Crippen LogP contribution in [0.3, 0.4) is 0 Å². The number of rotatable bonds is 5. The molecule has 2 rings (SSSR count). The first-order chi connectivity index (χ1) is 10.1. The third-order valence-corrected chi connectivity index (χ3v) is 3.78. The van der Waals surface area contributed by atoms with Gasteiger partial charge in [0.1, 0.15) is 5.56 Å². The zero-order valence-electron chi connectivity index (χ0n) is 13.0. The number of piperazine rings is 1. The second kappa shape index (κ2) is 7.38. The number of aromatic nitrogens is 1. The highest BCUT2D eigenvalue weighted by atomic mass is 16.5. The molecule has 1 N–H and O–H groups in total. The SMILES string of the molecule is CCOc1ncccc1C(=O)NC[C@@H]1CN(C)CCN1C. The first kappa shape index (κ1) is 15.7. The Morgan fingerprint density at radius 3 is 3.05 bits per heavy atom. The summed E-state index contributed by atoms with van der Waals surface area (Å²) in [5.74, 6) is 0.264. The van der Waals surface area contributed by atoms with Crippen LogP contribution in [0, 0.1) is 0 Å². The van der Waals surface area contributed by atoms with E-state index in [9.17, 15) is 4.79 Å². The van der Waals surface area contributed by atoms with E-state index in [0.717, 1.165) is 19.6 Å². The third kappa shape index (κ3) is 4.15. The van der Waals surface area contributed by atoms with Crippen molar-refractivity contribution in [2.75, 3.05) is 46.9 Å². The van der Waals surface area contributed by atoms with Crippen LogP contribution in [-0.2, 0) is 0 Å². The number of amides is 1. The highest BCUT2D eigenvalue weighted by Gasteiger charge is 2.23. The summed E-state index contributed by atoms with van der Waals surface area (Å²) in [6, 6.07) is 3.82. The molecule has 1 aliphatic rings. The predicted molar refractivity (Wildman–Crippen MR) is 81.7 cm³/mol. The van der Waals surface area contributed by atoms with Gasteiger partial charge in [-0.05, 0) is 33.2 Å². The number of carbonyl (C=O) groups is 1. The van der Waals surface area contributed by atoms with Crippen molar-refractivity contribution in [1.82, 2.24) is 20.1 Å². The number of likely N-dealkylation sites (N-methyl/N-ethyl adjacent to an activating group) is 2. The van der Waals surface area contributed by atoms with Gasteiger partial charge in [-0.3, -0.25) is 9.69 Å². The molecule has 0 saturated carbocycles. The fraction of sp³-hybridized carbons (Fsp3) is 0.600. The quantitative estimate of drug-likeness (QED) is 0.854. The van der Waals surface area contributed by atoms with Crippen LogP contribution >= 0.6 is 0 Å². The van der Waals surface area contributed by atoms with Crippen molar-refractivity contribution in [2.45, 2.75) is 13.0 Å². The summed E-state index contributed by atoms with van der Waals surface area (Å²) in [7, 11) is 4.20. The van der Waals surface area contributed by atoms with Gasteiger partial charge in [0.2, 0.25) is 5.88 Å². The molecule has 21 heavy (non-hydrogen) atoms. The Balaban J connectivity index is 1.95. The van der Waals surface area contributed by atoms with Crippen molar-refractivity contribution < 1.29 is 9.53 Å². The molecule has 0 aromatic carbocycles. The molecule has 0 bridgehead atoms. The summed E-state index contributed by atoms with van der Waals surface area (Å²) in [5, 5.41) is 2.99. The lowest BCUT2D eigenvalue weighted by atomic mass is 10.1. The van der Waals surface area contributed by atoms with Gasteiger partial charge in [-0.2, -0.15) is 0 Å². The smallest absolute Gasteiger partial charge is 0.256 e. The number of nitrogens with zero attached hydrogens (tertiary/aromatic N) is 3. The molecule has 1 atom stereocenters. The Hall–Kier alpha value is -1.66. The monoisotopic (exact) mass is 292 g/mol. The van der Waals surface area contributed by atoms with Crippen LogP contribution in [0.1, 0.15) is 17.3 Å². The van der Waals surface area contributed by atoms with Crippen LogP contribution < -0.4 is 10.1 Å². The van der Waals surface area contributed by atoms with Crippen LogP contribution in [0.25, 0.3) is 0 Å². The number of pyridine rings is 1. The number of nitrogens with one attached hydrogen (secondary N) is 1. The average Bonchev–Trinajstić information content (AvgIpc) is 2.49. The molecule has 1 saturated heterocycles. The second-order valence-corrected chi connectivity index (χ2v) is 5.40. The summed E-state index contributed by atoms with van der Waals surface area (Å²) in [6.45, 7) is 6.05. The number of hydrogen-bond donors (Lipinski definition) is 1. The molecule has 1 aliphatic heterocycles. The molecular formula is C15H24N4O2. The lowest BCUT2D eigenvalue weighted by molar-refractivity contribution is 0.0877. The number of carbonyl (C=O) groups excluding carboxylic acids is 1. The maximum absolute atomic E-state index is 12.3. The fourth-order valence-electron chi connectivity index (χ4n) is 2.44. The van der Waals surface area contributed by atoms with E-state index >= 15 is 0 Å². The highest BCUT2D eigenvalue weighted by molar-refractivity contribution is 5.96. The third-order valence-electron chi connectivity index (χ3n) is 3.78. The maximum Gasteiger partial charge on any atom is 0.256 e. The van der Waals surface area contributed by atoms with Gasteiger partial charge in [0.15, 0.2) is 0 Å². The van der Waals surface area contributed by atoms with Crippen molar-refractivity contribution in [3.8, 4) is 5.88 Å². The normalized spacial score (nSPS) is 20.2. The van der Waals surface area contributed by atoms with Gasteiger partial charge >= 0.3 is 0 Å². The molecule has 2 heterocycles. The van der Waals surface area contributed by atoms with E-state index in [0.29, 0.717) is 30.6 Å². The lowest BCUT2D eigenvalue weighted by Crippen LogP contribution is -2.54. The lowest BCUT2D eigenvalue weighted by Gasteiger charge is -2.37. The van der Waals surface area contributed by atoms with E-state index in [2.05, 4.69) is 34.2 Å². The fourth-order valence-corrected chi connectivity index (χ4v) is 2.44. The van der Waals surface area contributed by atoms with Gasteiger partial charge < -0.3 is 15.0 Å². The molecule has 0 radical (unpaired) electrons. The van der Waals surface area contributed by atoms with Crippen LogP contribution in [-0.4, -0.2) is 73.6 Å². The molecule has 0 aliphatic carbocycles. The van der Waals surface area contributed by atoms with E-state index in [4.69, 9.17) is 4.74 Å². The van der Waals surface area contributed by atoms with Gasteiger partial charge in [0, 0.05) is 38.4 Å². The summed E-state index contributed by atoms with van der Waals surface area (Å²) < 4.78 is 5.40. The van der Waals surface area contributed by atoms with Gasteiger partial charge in [0.05, 0.1) is 6.61 Å². The minimum atomic E-state index is -0.131. The molecule has 6 nitrogen and oxygen atoms in total. The van der Waals surface area contributed by atoms with Crippen molar-refractivity contribution in [3.63, 3.8) is 0 Å². The standard InChI is InChI=1S/C15H24N4O2/c1-4-21-15-13(6-5-7-16-15)14(20)17-10-12-11-18(2)8-9-19(12)3/h5-7,12H,4,8-11H2,1-3H3,(H,17,20)/t12-/m1/s1. The Labute approximate surface area is 126 Å². The molecular weight excluding hydrogens is 268 g/mol. The molecule has 1 aromatic rings. The molecule has 0 spiro atoms. The van der Waals surface area contributed by atoms with Crippen LogP contribution in [0.4, 0.5) is 0 Å². The summed E-state index contributed by atoms with van der Waals surface area (Å²) in [6.07, 6.45) is 1.63. The summed E-state index contributed by atoms with van der Waals surface area (Å²) in [5.41, 5.74) is 0.492. The molecule has 0 unspecified atom stereocenters. The predicted octanol–water partition coefficient (Wildman–Crippen LogP) is 0.456. The Morgan fingerprint density at radius 1 is 1.48 bits per heavy atom. The Morgan fingerprint density at radius 2 is 2.29 bits per heavy atom. The Kier molecular flexibility index (Phi) is 5.52. The largest absolute Gasteiger partial charge is 0.477 e. The maximum atomic E-state index is 12.3. The van der Waals surface area contributed by atoms with E-state index in [-0.39, 0.29) is 5.91 Å². The zero-order chi connectivity index (χ0) is 15.2. The van der Waals surface area contributed by atoms with E-state index in [1.807, 2.05) is 6.92 Å². The minimum absolute atomic E-state index is 0.131. The van der Waals surface area contributed by atoms with Gasteiger partial charge in [0.25, 0.3) is 5.91 Å².